The van der Waals surface area contributed by atoms with Gasteiger partial charge in [0.2, 0.25) is 0 Å². The Labute approximate surface area is 180 Å². The second-order valence-electron chi connectivity index (χ2n) is 8.12. The molecule has 2 heterocycles. The highest BCUT2D eigenvalue weighted by atomic mass is 32.1. The van der Waals surface area contributed by atoms with Crippen molar-refractivity contribution in [2.45, 2.75) is 46.0 Å². The molecule has 0 bridgehead atoms. The van der Waals surface area contributed by atoms with Gasteiger partial charge in [-0.3, -0.25) is 4.79 Å². The van der Waals surface area contributed by atoms with Crippen LogP contribution in [0.2, 0.25) is 0 Å². The lowest BCUT2D eigenvalue weighted by molar-refractivity contribution is 0.273. The maximum Gasteiger partial charge on any atom is 0.260 e. The largest absolute Gasteiger partial charge is 0.493 e. The number of aromatic nitrogens is 2. The Morgan fingerprint density at radius 3 is 2.83 bits per heavy atom. The van der Waals surface area contributed by atoms with Gasteiger partial charge in [-0.15, -0.1) is 11.3 Å². The van der Waals surface area contributed by atoms with E-state index in [1.54, 1.807) is 18.4 Å². The Balaban J connectivity index is 1.56. The first-order valence-electron chi connectivity index (χ1n) is 10.6. The van der Waals surface area contributed by atoms with E-state index in [1.165, 1.54) is 16.9 Å². The van der Waals surface area contributed by atoms with Crippen LogP contribution in [0.25, 0.3) is 22.4 Å². The minimum absolute atomic E-state index is 0.0365. The zero-order valence-electron chi connectivity index (χ0n) is 17.8. The van der Waals surface area contributed by atoms with E-state index in [0.29, 0.717) is 24.1 Å². The van der Waals surface area contributed by atoms with E-state index < -0.39 is 0 Å². The number of methoxy groups -OCH3 is 1. The fourth-order valence-electron chi connectivity index (χ4n) is 3.75. The molecule has 0 atom stereocenters. The Bertz CT molecular complexity index is 1130. The Morgan fingerprint density at radius 1 is 1.20 bits per heavy atom. The number of nitrogens with zero attached hydrogens (tertiary/aromatic N) is 1. The minimum atomic E-state index is -0.0365. The number of rotatable bonds is 7. The van der Waals surface area contributed by atoms with Gasteiger partial charge in [0.15, 0.2) is 11.5 Å². The van der Waals surface area contributed by atoms with Gasteiger partial charge < -0.3 is 14.5 Å². The average molecular weight is 425 g/mol. The van der Waals surface area contributed by atoms with E-state index in [1.807, 2.05) is 30.4 Å². The standard InChI is InChI=1S/C24H28N2O3S/c1-15(2)12-13-29-18-10-8-16(14-19(18)28-3)9-11-21-25-23(27)22-17-6-4-5-7-20(17)30-24(22)26-21/h8-11,14-15H,4-7,12-13H2,1-3H3,(H,25,26,27). The van der Waals surface area contributed by atoms with Gasteiger partial charge in [0.1, 0.15) is 10.7 Å². The maximum absolute atomic E-state index is 12.7. The van der Waals surface area contributed by atoms with Crippen LogP contribution in [0.15, 0.2) is 23.0 Å². The van der Waals surface area contributed by atoms with Gasteiger partial charge in [0.25, 0.3) is 5.56 Å². The number of ether oxygens (including phenoxy) is 2. The minimum Gasteiger partial charge on any atom is -0.493 e. The summed E-state index contributed by atoms with van der Waals surface area (Å²) >= 11 is 1.67. The lowest BCUT2D eigenvalue weighted by atomic mass is 9.97. The smallest absolute Gasteiger partial charge is 0.260 e. The topological polar surface area (TPSA) is 64.2 Å². The molecule has 0 spiro atoms. The van der Waals surface area contributed by atoms with Crippen molar-refractivity contribution in [3.8, 4) is 11.5 Å². The van der Waals surface area contributed by atoms with E-state index in [0.717, 1.165) is 47.2 Å². The van der Waals surface area contributed by atoms with Crippen molar-refractivity contribution in [2.75, 3.05) is 13.7 Å². The highest BCUT2D eigenvalue weighted by Gasteiger charge is 2.19. The molecule has 1 aliphatic carbocycles. The van der Waals surface area contributed by atoms with Gasteiger partial charge in [0, 0.05) is 4.88 Å². The van der Waals surface area contributed by atoms with Crippen molar-refractivity contribution in [1.82, 2.24) is 9.97 Å². The highest BCUT2D eigenvalue weighted by Crippen LogP contribution is 2.33. The number of fused-ring (bicyclic) bond motifs is 3. The van der Waals surface area contributed by atoms with E-state index in [-0.39, 0.29) is 5.56 Å². The maximum atomic E-state index is 12.7. The molecule has 0 saturated heterocycles. The van der Waals surface area contributed by atoms with Gasteiger partial charge in [-0.05, 0) is 67.4 Å². The zero-order chi connectivity index (χ0) is 21.1. The van der Waals surface area contributed by atoms with Crippen LogP contribution in [-0.2, 0) is 12.8 Å². The monoisotopic (exact) mass is 424 g/mol. The van der Waals surface area contributed by atoms with Gasteiger partial charge in [-0.2, -0.15) is 0 Å². The lowest BCUT2D eigenvalue weighted by Crippen LogP contribution is -2.11. The molecular formula is C24H28N2O3S. The molecular weight excluding hydrogens is 396 g/mol. The van der Waals surface area contributed by atoms with Crippen LogP contribution in [0, 0.1) is 5.92 Å². The number of aryl methyl sites for hydroxylation is 2. The van der Waals surface area contributed by atoms with E-state index in [4.69, 9.17) is 14.5 Å². The van der Waals surface area contributed by atoms with Crippen molar-refractivity contribution in [1.29, 1.82) is 0 Å². The summed E-state index contributed by atoms with van der Waals surface area (Å²) in [6.07, 6.45) is 9.17. The third kappa shape index (κ3) is 4.43. The zero-order valence-corrected chi connectivity index (χ0v) is 18.6. The number of aromatic amines is 1. The molecule has 0 aliphatic heterocycles. The number of hydrogen-bond acceptors (Lipinski definition) is 5. The molecule has 4 rings (SSSR count). The van der Waals surface area contributed by atoms with E-state index in [2.05, 4.69) is 18.8 Å². The van der Waals surface area contributed by atoms with Crippen LogP contribution in [0.4, 0.5) is 0 Å². The first-order chi connectivity index (χ1) is 14.5. The summed E-state index contributed by atoms with van der Waals surface area (Å²) in [5, 5.41) is 0.788. The molecule has 0 radical (unpaired) electrons. The van der Waals surface area contributed by atoms with Crippen molar-refractivity contribution >= 4 is 33.7 Å². The average Bonchev–Trinajstić information content (AvgIpc) is 3.11. The predicted molar refractivity (Wildman–Crippen MR) is 124 cm³/mol. The molecule has 0 amide bonds. The summed E-state index contributed by atoms with van der Waals surface area (Å²) in [7, 11) is 1.64. The summed E-state index contributed by atoms with van der Waals surface area (Å²) in [6.45, 7) is 5.02. The molecule has 1 aromatic carbocycles. The van der Waals surface area contributed by atoms with Crippen LogP contribution >= 0.6 is 11.3 Å². The second kappa shape index (κ2) is 9.04. The molecule has 1 aliphatic rings. The van der Waals surface area contributed by atoms with Crippen molar-refractivity contribution in [3.63, 3.8) is 0 Å². The fraction of sp³-hybridized carbons (Fsp3) is 0.417. The van der Waals surface area contributed by atoms with Gasteiger partial charge >= 0.3 is 0 Å². The number of benzene rings is 1. The fourth-order valence-corrected chi connectivity index (χ4v) is 5.02. The molecule has 2 aromatic heterocycles. The Hall–Kier alpha value is -2.60. The summed E-state index contributed by atoms with van der Waals surface area (Å²) in [6, 6.07) is 5.83. The van der Waals surface area contributed by atoms with Crippen molar-refractivity contribution in [2.24, 2.45) is 5.92 Å². The number of hydrogen-bond donors (Lipinski definition) is 1. The summed E-state index contributed by atoms with van der Waals surface area (Å²) in [5.41, 5.74) is 2.13. The molecule has 30 heavy (non-hydrogen) atoms. The van der Waals surface area contributed by atoms with Crippen LogP contribution in [0.3, 0.4) is 0 Å². The Morgan fingerprint density at radius 2 is 2.03 bits per heavy atom. The predicted octanol–water partition coefficient (Wildman–Crippen LogP) is 5.47. The van der Waals surface area contributed by atoms with E-state index in [9.17, 15) is 4.79 Å². The second-order valence-corrected chi connectivity index (χ2v) is 9.20. The van der Waals surface area contributed by atoms with Crippen LogP contribution in [0.1, 0.15) is 54.9 Å². The first kappa shape index (κ1) is 20.7. The van der Waals surface area contributed by atoms with Gasteiger partial charge in [-0.1, -0.05) is 26.0 Å². The molecule has 0 unspecified atom stereocenters. The lowest BCUT2D eigenvalue weighted by Gasteiger charge is -2.12. The van der Waals surface area contributed by atoms with Crippen molar-refractivity contribution < 1.29 is 9.47 Å². The van der Waals surface area contributed by atoms with Gasteiger partial charge in [-0.25, -0.2) is 4.98 Å². The normalized spacial score (nSPS) is 13.9. The molecule has 6 heteroatoms. The highest BCUT2D eigenvalue weighted by molar-refractivity contribution is 7.18. The number of H-pyrrole nitrogens is 1. The number of thiophene rings is 1. The third-order valence-corrected chi connectivity index (χ3v) is 6.60. The molecule has 158 valence electrons. The molecule has 5 nitrogen and oxygen atoms in total. The molecule has 1 N–H and O–H groups in total. The summed E-state index contributed by atoms with van der Waals surface area (Å²) in [4.78, 5) is 22.5. The SMILES string of the molecule is COc1cc(C=Cc2nc3sc4c(c3c(=O)[nH]2)CCCC4)ccc1OCCC(C)C. The van der Waals surface area contributed by atoms with Crippen LogP contribution in [-0.4, -0.2) is 23.7 Å². The first-order valence-corrected chi connectivity index (χ1v) is 11.4. The van der Waals surface area contributed by atoms with E-state index >= 15 is 0 Å². The van der Waals surface area contributed by atoms with Crippen LogP contribution < -0.4 is 15.0 Å². The number of nitrogens with one attached hydrogen (secondary N) is 1. The van der Waals surface area contributed by atoms with Crippen molar-refractivity contribution in [3.05, 3.63) is 50.4 Å². The van der Waals surface area contributed by atoms with Crippen LogP contribution in [0.5, 0.6) is 11.5 Å². The Kier molecular flexibility index (Phi) is 6.23. The molecule has 0 saturated carbocycles. The summed E-state index contributed by atoms with van der Waals surface area (Å²) in [5.74, 6) is 2.61. The molecule has 3 aromatic rings. The summed E-state index contributed by atoms with van der Waals surface area (Å²) < 4.78 is 11.3. The molecule has 0 fully saturated rings. The van der Waals surface area contributed by atoms with Gasteiger partial charge in [0.05, 0.1) is 19.1 Å². The third-order valence-electron chi connectivity index (χ3n) is 5.42. The quantitative estimate of drug-likeness (QED) is 0.546.